The van der Waals surface area contributed by atoms with Crippen molar-refractivity contribution in [3.63, 3.8) is 0 Å². The predicted octanol–water partition coefficient (Wildman–Crippen LogP) is 4.80. The molecule has 0 radical (unpaired) electrons. The van der Waals surface area contributed by atoms with Crippen molar-refractivity contribution >= 4 is 38.7 Å². The molecule has 0 spiro atoms. The van der Waals surface area contributed by atoms with Crippen LogP contribution in [0.3, 0.4) is 0 Å². The van der Waals surface area contributed by atoms with Gasteiger partial charge in [0.25, 0.3) is 5.91 Å². The third kappa shape index (κ3) is 4.30. The Morgan fingerprint density at radius 2 is 1.68 bits per heavy atom. The molecule has 2 aromatic carbocycles. The highest BCUT2D eigenvalue weighted by Crippen LogP contribution is 2.30. The van der Waals surface area contributed by atoms with Crippen LogP contribution in [0, 0.1) is 6.92 Å². The van der Waals surface area contributed by atoms with Crippen molar-refractivity contribution in [3.05, 3.63) is 76.2 Å². The summed E-state index contributed by atoms with van der Waals surface area (Å²) in [6.45, 7) is 6.89. The molecule has 3 heterocycles. The average molecular weight is 519 g/mol. The number of halogens is 1. The van der Waals surface area contributed by atoms with E-state index in [1.807, 2.05) is 71.1 Å². The van der Waals surface area contributed by atoms with Crippen LogP contribution in [0.4, 0.5) is 5.82 Å². The molecule has 0 saturated carbocycles. The summed E-state index contributed by atoms with van der Waals surface area (Å²) in [6, 6.07) is 17.6. The molecule has 1 aliphatic rings. The van der Waals surface area contributed by atoms with Crippen molar-refractivity contribution in [3.8, 4) is 5.69 Å². The number of aromatic nitrogens is 4. The summed E-state index contributed by atoms with van der Waals surface area (Å²) in [7, 11) is 0. The smallest absolute Gasteiger partial charge is 0.253 e. The summed E-state index contributed by atoms with van der Waals surface area (Å²) in [6.07, 6.45) is 1.78. The van der Waals surface area contributed by atoms with Crippen molar-refractivity contribution < 1.29 is 4.79 Å². The molecule has 4 aromatic rings. The standard InChI is InChI=1S/C26H27BrN6O/c1-3-7-22-28-24(23-18(2)30-33(25(23)29-22)21-8-5-4-6-9-21)31-14-16-32(17-15-31)26(34)19-10-12-20(27)13-11-19/h4-6,8-13H,3,7,14-17H2,1-2H3. The number of anilines is 1. The fourth-order valence-electron chi connectivity index (χ4n) is 4.42. The van der Waals surface area contributed by atoms with E-state index in [4.69, 9.17) is 15.1 Å². The average Bonchev–Trinajstić information content (AvgIpc) is 3.21. The topological polar surface area (TPSA) is 67.2 Å². The maximum Gasteiger partial charge on any atom is 0.253 e. The molecule has 174 valence electrons. The number of carbonyl (C=O) groups is 1. The molecule has 0 bridgehead atoms. The van der Waals surface area contributed by atoms with Crippen molar-refractivity contribution in [2.75, 3.05) is 31.1 Å². The number of aryl methyl sites for hydroxylation is 2. The second kappa shape index (κ2) is 9.54. The van der Waals surface area contributed by atoms with E-state index >= 15 is 0 Å². The monoisotopic (exact) mass is 518 g/mol. The zero-order chi connectivity index (χ0) is 23.7. The number of piperazine rings is 1. The van der Waals surface area contributed by atoms with Crippen molar-refractivity contribution in [1.82, 2.24) is 24.6 Å². The highest BCUT2D eigenvalue weighted by atomic mass is 79.9. The summed E-state index contributed by atoms with van der Waals surface area (Å²) >= 11 is 3.43. The van der Waals surface area contributed by atoms with Crippen LogP contribution in [0.2, 0.25) is 0 Å². The van der Waals surface area contributed by atoms with Gasteiger partial charge in [0.1, 0.15) is 11.6 Å². The van der Waals surface area contributed by atoms with Gasteiger partial charge in [0.2, 0.25) is 0 Å². The molecule has 1 amide bonds. The van der Waals surface area contributed by atoms with Gasteiger partial charge in [-0.15, -0.1) is 0 Å². The maximum atomic E-state index is 13.0. The predicted molar refractivity (Wildman–Crippen MR) is 138 cm³/mol. The lowest BCUT2D eigenvalue weighted by Crippen LogP contribution is -2.49. The number of nitrogens with zero attached hydrogens (tertiary/aromatic N) is 6. The first kappa shape index (κ1) is 22.5. The normalized spacial score (nSPS) is 14.1. The minimum absolute atomic E-state index is 0.0692. The number of rotatable bonds is 5. The van der Waals surface area contributed by atoms with E-state index in [0.29, 0.717) is 18.7 Å². The molecule has 1 saturated heterocycles. The summed E-state index contributed by atoms with van der Waals surface area (Å²) < 4.78 is 2.89. The highest BCUT2D eigenvalue weighted by molar-refractivity contribution is 9.10. The second-order valence-electron chi connectivity index (χ2n) is 8.53. The summed E-state index contributed by atoms with van der Waals surface area (Å²) in [5.41, 5.74) is 3.44. The SMILES string of the molecule is CCCc1nc(N2CCN(C(=O)c3ccc(Br)cc3)CC2)c2c(C)nn(-c3ccccc3)c2n1. The number of carbonyl (C=O) groups excluding carboxylic acids is 1. The van der Waals surface area contributed by atoms with Crippen LogP contribution in [0.1, 0.15) is 35.2 Å². The lowest BCUT2D eigenvalue weighted by atomic mass is 10.1. The maximum absolute atomic E-state index is 13.0. The van der Waals surface area contributed by atoms with E-state index in [9.17, 15) is 4.79 Å². The van der Waals surface area contributed by atoms with E-state index in [1.165, 1.54) is 0 Å². The molecule has 1 fully saturated rings. The fourth-order valence-corrected chi connectivity index (χ4v) is 4.68. The fraction of sp³-hybridized carbons (Fsp3) is 0.308. The molecule has 0 aliphatic carbocycles. The Kier molecular flexibility index (Phi) is 6.32. The number of fused-ring (bicyclic) bond motifs is 1. The molecule has 5 rings (SSSR count). The van der Waals surface area contributed by atoms with Crippen LogP contribution >= 0.6 is 15.9 Å². The van der Waals surface area contributed by atoms with Gasteiger partial charge in [-0.1, -0.05) is 41.1 Å². The van der Waals surface area contributed by atoms with Gasteiger partial charge in [-0.3, -0.25) is 4.79 Å². The van der Waals surface area contributed by atoms with Gasteiger partial charge in [0, 0.05) is 42.6 Å². The number of amides is 1. The first-order chi connectivity index (χ1) is 16.5. The van der Waals surface area contributed by atoms with Crippen LogP contribution in [-0.2, 0) is 6.42 Å². The van der Waals surface area contributed by atoms with Crippen LogP contribution in [0.5, 0.6) is 0 Å². The molecule has 2 aromatic heterocycles. The number of para-hydroxylation sites is 1. The molecule has 34 heavy (non-hydrogen) atoms. The molecule has 8 heteroatoms. The van der Waals surface area contributed by atoms with Gasteiger partial charge in [0.15, 0.2) is 5.65 Å². The van der Waals surface area contributed by atoms with Crippen molar-refractivity contribution in [2.45, 2.75) is 26.7 Å². The molecule has 7 nitrogen and oxygen atoms in total. The van der Waals surface area contributed by atoms with E-state index < -0.39 is 0 Å². The number of hydrogen-bond acceptors (Lipinski definition) is 5. The van der Waals surface area contributed by atoms with Crippen LogP contribution in [0.15, 0.2) is 59.1 Å². The first-order valence-electron chi connectivity index (χ1n) is 11.7. The molecule has 0 atom stereocenters. The Bertz CT molecular complexity index is 1310. The number of benzene rings is 2. The van der Waals surface area contributed by atoms with Gasteiger partial charge < -0.3 is 9.80 Å². The van der Waals surface area contributed by atoms with Gasteiger partial charge in [-0.2, -0.15) is 5.10 Å². The van der Waals surface area contributed by atoms with E-state index in [1.54, 1.807) is 0 Å². The molecule has 0 unspecified atom stereocenters. The largest absolute Gasteiger partial charge is 0.352 e. The Labute approximate surface area is 207 Å². The summed E-state index contributed by atoms with van der Waals surface area (Å²) in [5.74, 6) is 1.82. The quantitative estimate of drug-likeness (QED) is 0.379. The lowest BCUT2D eigenvalue weighted by Gasteiger charge is -2.35. The summed E-state index contributed by atoms with van der Waals surface area (Å²) in [4.78, 5) is 27.0. The van der Waals surface area contributed by atoms with Crippen molar-refractivity contribution in [1.29, 1.82) is 0 Å². The first-order valence-corrected chi connectivity index (χ1v) is 12.5. The van der Waals surface area contributed by atoms with Gasteiger partial charge in [-0.05, 0) is 49.7 Å². The second-order valence-corrected chi connectivity index (χ2v) is 9.45. The highest BCUT2D eigenvalue weighted by Gasteiger charge is 2.26. The molecule has 0 N–H and O–H groups in total. The van der Waals surface area contributed by atoms with Crippen LogP contribution in [-0.4, -0.2) is 56.7 Å². The van der Waals surface area contributed by atoms with E-state index in [2.05, 4.69) is 27.8 Å². The Balaban J connectivity index is 1.46. The van der Waals surface area contributed by atoms with Crippen LogP contribution in [0.25, 0.3) is 16.7 Å². The minimum Gasteiger partial charge on any atom is -0.352 e. The Morgan fingerprint density at radius 3 is 2.35 bits per heavy atom. The van der Waals surface area contributed by atoms with Crippen molar-refractivity contribution in [2.24, 2.45) is 0 Å². The number of hydrogen-bond donors (Lipinski definition) is 0. The third-order valence-corrected chi connectivity index (χ3v) is 6.69. The third-order valence-electron chi connectivity index (χ3n) is 6.16. The molecule has 1 aliphatic heterocycles. The Morgan fingerprint density at radius 1 is 0.971 bits per heavy atom. The van der Waals surface area contributed by atoms with Crippen LogP contribution < -0.4 is 4.90 Å². The van der Waals surface area contributed by atoms with E-state index in [-0.39, 0.29) is 5.91 Å². The van der Waals surface area contributed by atoms with Gasteiger partial charge in [-0.25, -0.2) is 14.6 Å². The zero-order valence-corrected chi connectivity index (χ0v) is 21.0. The van der Waals surface area contributed by atoms with E-state index in [0.717, 1.165) is 64.5 Å². The Hall–Kier alpha value is -3.26. The summed E-state index contributed by atoms with van der Waals surface area (Å²) in [5, 5.41) is 5.81. The minimum atomic E-state index is 0.0692. The lowest BCUT2D eigenvalue weighted by molar-refractivity contribution is 0.0746. The van der Waals surface area contributed by atoms with Gasteiger partial charge >= 0.3 is 0 Å². The molecular weight excluding hydrogens is 492 g/mol. The van der Waals surface area contributed by atoms with Gasteiger partial charge in [0.05, 0.1) is 16.8 Å². The zero-order valence-electron chi connectivity index (χ0n) is 19.4. The molecular formula is C26H27BrN6O.